The summed E-state index contributed by atoms with van der Waals surface area (Å²) in [5.74, 6) is -1.98. The third-order valence-corrected chi connectivity index (χ3v) is 5.81. The Bertz CT molecular complexity index is 931. The molecule has 0 spiro atoms. The molecular weight excluding hydrogens is 359 g/mol. The average molecular weight is 378 g/mol. The molecule has 2 aromatic carbocycles. The van der Waals surface area contributed by atoms with Gasteiger partial charge >= 0.3 is 5.97 Å². The molecule has 2 aromatic rings. The molecule has 0 radical (unpaired) electrons. The van der Waals surface area contributed by atoms with Gasteiger partial charge in [-0.1, -0.05) is 30.3 Å². The van der Waals surface area contributed by atoms with Crippen molar-refractivity contribution < 1.29 is 22.3 Å². The summed E-state index contributed by atoms with van der Waals surface area (Å²) in [6.45, 7) is 0.813. The van der Waals surface area contributed by atoms with Crippen LogP contribution in [0.25, 0.3) is 0 Å². The second kappa shape index (κ2) is 7.53. The molecule has 0 aromatic heterocycles. The van der Waals surface area contributed by atoms with Gasteiger partial charge in [0.25, 0.3) is 0 Å². The number of nitrogens with one attached hydrogen (secondary N) is 2. The highest BCUT2D eigenvalue weighted by atomic mass is 32.2. The number of carbonyl (C=O) groups is 1. The zero-order valence-corrected chi connectivity index (χ0v) is 15.0. The van der Waals surface area contributed by atoms with E-state index in [1.807, 2.05) is 24.3 Å². The third kappa shape index (κ3) is 3.62. The molecular formula is C18H19FN2O4S. The molecule has 1 atom stereocenters. The molecule has 2 N–H and O–H groups in total. The molecule has 3 rings (SSSR count). The monoisotopic (exact) mass is 378 g/mol. The summed E-state index contributed by atoms with van der Waals surface area (Å²) in [6.07, 6.45) is 0.871. The van der Waals surface area contributed by atoms with E-state index < -0.39 is 32.3 Å². The molecule has 1 heterocycles. The Kier molecular flexibility index (Phi) is 5.36. The first-order valence-corrected chi connectivity index (χ1v) is 9.60. The van der Waals surface area contributed by atoms with E-state index in [0.717, 1.165) is 37.3 Å². The molecule has 0 amide bonds. The zero-order valence-electron chi connectivity index (χ0n) is 14.2. The predicted molar refractivity (Wildman–Crippen MR) is 93.8 cm³/mol. The second-order valence-electron chi connectivity index (χ2n) is 5.91. The maximum atomic E-state index is 14.0. The maximum Gasteiger partial charge on any atom is 0.342 e. The number of fused-ring (bicyclic) bond motifs is 1. The fourth-order valence-electron chi connectivity index (χ4n) is 3.07. The highest BCUT2D eigenvalue weighted by Crippen LogP contribution is 2.24. The normalized spacial score (nSPS) is 16.8. The quantitative estimate of drug-likeness (QED) is 0.775. The molecule has 0 fully saturated rings. The minimum absolute atomic E-state index is 0.0798. The average Bonchev–Trinajstić information content (AvgIpc) is 2.65. The third-order valence-electron chi connectivity index (χ3n) is 4.35. The highest BCUT2D eigenvalue weighted by molar-refractivity contribution is 7.89. The van der Waals surface area contributed by atoms with Crippen LogP contribution < -0.4 is 10.0 Å². The maximum absolute atomic E-state index is 14.0. The van der Waals surface area contributed by atoms with Gasteiger partial charge in [0, 0.05) is 12.6 Å². The summed E-state index contributed by atoms with van der Waals surface area (Å²) >= 11 is 0. The molecule has 0 saturated carbocycles. The van der Waals surface area contributed by atoms with Crippen LogP contribution in [0.5, 0.6) is 0 Å². The number of halogens is 1. The van der Waals surface area contributed by atoms with Crippen LogP contribution in [0, 0.1) is 5.82 Å². The topological polar surface area (TPSA) is 84.5 Å². The Labute approximate surface area is 151 Å². The number of sulfonamides is 1. The van der Waals surface area contributed by atoms with Gasteiger partial charge < -0.3 is 10.1 Å². The number of esters is 1. The van der Waals surface area contributed by atoms with Gasteiger partial charge in [-0.2, -0.15) is 0 Å². The van der Waals surface area contributed by atoms with Gasteiger partial charge in [0.2, 0.25) is 10.0 Å². The number of hydrogen-bond acceptors (Lipinski definition) is 5. The molecule has 1 aliphatic rings. The Morgan fingerprint density at radius 1 is 1.27 bits per heavy atom. The molecule has 1 aliphatic heterocycles. The van der Waals surface area contributed by atoms with Crippen molar-refractivity contribution in [3.05, 3.63) is 65.0 Å². The molecule has 8 heteroatoms. The lowest BCUT2D eigenvalue weighted by molar-refractivity contribution is 0.0590. The van der Waals surface area contributed by atoms with Crippen LogP contribution in [0.2, 0.25) is 0 Å². The van der Waals surface area contributed by atoms with Gasteiger partial charge in [0.05, 0.1) is 12.0 Å². The predicted octanol–water partition coefficient (Wildman–Crippen LogP) is 1.78. The lowest BCUT2D eigenvalue weighted by Crippen LogP contribution is -2.39. The van der Waals surface area contributed by atoms with E-state index in [1.54, 1.807) is 0 Å². The summed E-state index contributed by atoms with van der Waals surface area (Å²) in [5, 5.41) is 3.27. The lowest BCUT2D eigenvalue weighted by Gasteiger charge is -2.27. The lowest BCUT2D eigenvalue weighted by atomic mass is 9.95. The second-order valence-corrected chi connectivity index (χ2v) is 7.65. The Morgan fingerprint density at radius 3 is 2.81 bits per heavy atom. The molecule has 0 bridgehead atoms. The van der Waals surface area contributed by atoms with Gasteiger partial charge in [-0.15, -0.1) is 0 Å². The van der Waals surface area contributed by atoms with Crippen molar-refractivity contribution in [2.45, 2.75) is 17.4 Å². The van der Waals surface area contributed by atoms with Crippen molar-refractivity contribution in [1.82, 2.24) is 10.0 Å². The number of methoxy groups -OCH3 is 1. The van der Waals surface area contributed by atoms with E-state index in [2.05, 4.69) is 14.8 Å². The van der Waals surface area contributed by atoms with E-state index in [0.29, 0.717) is 0 Å². The van der Waals surface area contributed by atoms with Crippen LogP contribution in [-0.4, -0.2) is 34.6 Å². The zero-order chi connectivity index (χ0) is 18.7. The van der Waals surface area contributed by atoms with E-state index >= 15 is 0 Å². The van der Waals surface area contributed by atoms with Crippen LogP contribution in [0.1, 0.15) is 27.5 Å². The SMILES string of the molecule is COC(=O)c1c(F)cccc1S(=O)(=O)NCC1NCCc2ccccc21. The largest absolute Gasteiger partial charge is 0.465 e. The number of hydrogen-bond donors (Lipinski definition) is 2. The van der Waals surface area contributed by atoms with Crippen LogP contribution in [0.15, 0.2) is 47.4 Å². The van der Waals surface area contributed by atoms with Crippen LogP contribution in [0.4, 0.5) is 4.39 Å². The smallest absolute Gasteiger partial charge is 0.342 e. The number of rotatable bonds is 5. The van der Waals surface area contributed by atoms with Crippen molar-refractivity contribution >= 4 is 16.0 Å². The molecule has 26 heavy (non-hydrogen) atoms. The first-order chi connectivity index (χ1) is 12.4. The van der Waals surface area contributed by atoms with Crippen molar-refractivity contribution in [1.29, 1.82) is 0 Å². The fraction of sp³-hybridized carbons (Fsp3) is 0.278. The minimum atomic E-state index is -4.10. The summed E-state index contributed by atoms with van der Waals surface area (Å²) in [6, 6.07) is 11.0. The Morgan fingerprint density at radius 2 is 2.04 bits per heavy atom. The standard InChI is InChI=1S/C18H19FN2O4S/c1-25-18(22)17-14(19)7-4-8-16(17)26(23,24)21-11-15-13-6-3-2-5-12(13)9-10-20-15/h2-8,15,20-21H,9-11H2,1H3. The Balaban J connectivity index is 1.86. The van der Waals surface area contributed by atoms with Crippen LogP contribution in [-0.2, 0) is 21.2 Å². The fourth-order valence-corrected chi connectivity index (χ4v) is 4.32. The first kappa shape index (κ1) is 18.5. The first-order valence-electron chi connectivity index (χ1n) is 8.11. The van der Waals surface area contributed by atoms with Crippen LogP contribution >= 0.6 is 0 Å². The number of benzene rings is 2. The Hall–Kier alpha value is -2.29. The van der Waals surface area contributed by atoms with Crippen LogP contribution in [0.3, 0.4) is 0 Å². The van der Waals surface area contributed by atoms with Gasteiger partial charge in [0.1, 0.15) is 11.4 Å². The molecule has 6 nitrogen and oxygen atoms in total. The van der Waals surface area contributed by atoms with E-state index in [9.17, 15) is 17.6 Å². The van der Waals surface area contributed by atoms with Gasteiger partial charge in [-0.05, 0) is 36.2 Å². The van der Waals surface area contributed by atoms with E-state index in [4.69, 9.17) is 0 Å². The van der Waals surface area contributed by atoms with E-state index in [1.165, 1.54) is 12.1 Å². The number of carbonyl (C=O) groups excluding carboxylic acids is 1. The molecule has 138 valence electrons. The minimum Gasteiger partial charge on any atom is -0.465 e. The molecule has 0 saturated heterocycles. The van der Waals surface area contributed by atoms with Gasteiger partial charge in [0.15, 0.2) is 0 Å². The molecule has 1 unspecified atom stereocenters. The van der Waals surface area contributed by atoms with Crippen molar-refractivity contribution in [2.75, 3.05) is 20.2 Å². The van der Waals surface area contributed by atoms with Crippen molar-refractivity contribution in [3.63, 3.8) is 0 Å². The molecule has 0 aliphatic carbocycles. The van der Waals surface area contributed by atoms with Gasteiger partial charge in [-0.25, -0.2) is 22.3 Å². The highest BCUT2D eigenvalue weighted by Gasteiger charge is 2.28. The van der Waals surface area contributed by atoms with Crippen molar-refractivity contribution in [2.24, 2.45) is 0 Å². The summed E-state index contributed by atoms with van der Waals surface area (Å²) in [7, 11) is -3.03. The number of ether oxygens (including phenoxy) is 1. The summed E-state index contributed by atoms with van der Waals surface area (Å²) in [4.78, 5) is 11.4. The summed E-state index contributed by atoms with van der Waals surface area (Å²) < 4.78 is 46.3. The van der Waals surface area contributed by atoms with Crippen molar-refractivity contribution in [3.8, 4) is 0 Å². The van der Waals surface area contributed by atoms with Gasteiger partial charge in [-0.3, -0.25) is 0 Å². The summed E-state index contributed by atoms with van der Waals surface area (Å²) in [5.41, 5.74) is 1.59. The van der Waals surface area contributed by atoms with E-state index in [-0.39, 0.29) is 12.6 Å².